The second-order valence-electron chi connectivity index (χ2n) is 6.04. The fraction of sp³-hybridized carbons (Fsp3) is 0.444. The number of methoxy groups -OCH3 is 1. The van der Waals surface area contributed by atoms with Gasteiger partial charge in [-0.15, -0.1) is 11.8 Å². The number of nitrogens with one attached hydrogen (secondary N) is 2. The summed E-state index contributed by atoms with van der Waals surface area (Å²) in [6.45, 7) is 0.485. The molecule has 0 aromatic heterocycles. The Morgan fingerprint density at radius 1 is 1.48 bits per heavy atom. The van der Waals surface area contributed by atoms with Crippen LogP contribution in [0.3, 0.4) is 0 Å². The Morgan fingerprint density at radius 2 is 2.15 bits per heavy atom. The lowest BCUT2D eigenvalue weighted by molar-refractivity contribution is -0.116. The first-order chi connectivity index (χ1) is 12.8. The largest absolute Gasteiger partial charge is 0.506 e. The van der Waals surface area contributed by atoms with E-state index in [2.05, 4.69) is 5.32 Å². The molecule has 2 rings (SSSR count). The molecule has 1 aliphatic carbocycles. The van der Waals surface area contributed by atoms with Gasteiger partial charge in [0.05, 0.1) is 33.0 Å². The van der Waals surface area contributed by atoms with E-state index < -0.39 is 16.7 Å². The Labute approximate surface area is 170 Å². The van der Waals surface area contributed by atoms with Crippen molar-refractivity contribution < 1.29 is 18.8 Å². The summed E-state index contributed by atoms with van der Waals surface area (Å²) < 4.78 is 17.1. The molecule has 9 heteroatoms. The first kappa shape index (κ1) is 21.9. The number of aliphatic hydroxyl groups is 1. The SMILES string of the molecule is CNC(=O)C(C(=N)C1CC1)=C(O)c1ccc(S(C)=O)c(SCCOC)c1Cl. The van der Waals surface area contributed by atoms with Gasteiger partial charge in [0.25, 0.3) is 5.91 Å². The number of halogens is 1. The Kier molecular flexibility index (Phi) is 7.91. The maximum Gasteiger partial charge on any atom is 0.256 e. The van der Waals surface area contributed by atoms with Crippen LogP contribution >= 0.6 is 23.4 Å². The molecule has 3 N–H and O–H groups in total. The highest BCUT2D eigenvalue weighted by Crippen LogP contribution is 2.40. The number of hydrogen-bond acceptors (Lipinski definition) is 6. The predicted octanol–water partition coefficient (Wildman–Crippen LogP) is 3.26. The summed E-state index contributed by atoms with van der Waals surface area (Å²) in [6.07, 6.45) is 3.21. The number of carbonyl (C=O) groups is 1. The minimum Gasteiger partial charge on any atom is -0.506 e. The third-order valence-electron chi connectivity index (χ3n) is 4.11. The van der Waals surface area contributed by atoms with Gasteiger partial charge in [0.1, 0.15) is 11.3 Å². The number of aliphatic hydroxyl groups excluding tert-OH is 1. The van der Waals surface area contributed by atoms with Gasteiger partial charge in [0, 0.05) is 42.5 Å². The van der Waals surface area contributed by atoms with Crippen molar-refractivity contribution in [3.8, 4) is 0 Å². The predicted molar refractivity (Wildman–Crippen MR) is 110 cm³/mol. The van der Waals surface area contributed by atoms with Gasteiger partial charge in [-0.1, -0.05) is 11.6 Å². The van der Waals surface area contributed by atoms with Crippen LogP contribution in [0.2, 0.25) is 5.02 Å². The third-order valence-corrected chi connectivity index (χ3v) is 6.78. The lowest BCUT2D eigenvalue weighted by Crippen LogP contribution is -2.26. The third kappa shape index (κ3) is 5.13. The van der Waals surface area contributed by atoms with Gasteiger partial charge in [-0.2, -0.15) is 0 Å². The summed E-state index contributed by atoms with van der Waals surface area (Å²) >= 11 is 7.90. The summed E-state index contributed by atoms with van der Waals surface area (Å²) in [7, 11) is 1.77. The zero-order chi connectivity index (χ0) is 20.1. The number of ether oxygens (including phenoxy) is 1. The molecule has 0 heterocycles. The van der Waals surface area contributed by atoms with E-state index in [-0.39, 0.29) is 33.5 Å². The van der Waals surface area contributed by atoms with E-state index in [1.54, 1.807) is 19.4 Å². The first-order valence-corrected chi connectivity index (χ1v) is 11.3. The average Bonchev–Trinajstić information content (AvgIpc) is 3.47. The topological polar surface area (TPSA) is 99.5 Å². The minimum atomic E-state index is -1.27. The van der Waals surface area contributed by atoms with Crippen LogP contribution in [0.15, 0.2) is 27.5 Å². The number of likely N-dealkylation sites (N-methyl/N-ethyl adjacent to an activating group) is 1. The number of benzene rings is 1. The monoisotopic (exact) mass is 430 g/mol. The van der Waals surface area contributed by atoms with E-state index in [0.29, 0.717) is 22.2 Å². The van der Waals surface area contributed by atoms with Crippen LogP contribution in [-0.2, 0) is 20.3 Å². The van der Waals surface area contributed by atoms with Crippen LogP contribution in [-0.4, -0.2) is 53.7 Å². The molecule has 1 aromatic rings. The minimum absolute atomic E-state index is 0.0174. The van der Waals surface area contributed by atoms with Gasteiger partial charge < -0.3 is 20.6 Å². The quantitative estimate of drug-likeness (QED) is 0.183. The van der Waals surface area contributed by atoms with Crippen molar-refractivity contribution in [1.82, 2.24) is 5.32 Å². The average molecular weight is 431 g/mol. The molecule has 1 amide bonds. The number of thioether (sulfide) groups is 1. The van der Waals surface area contributed by atoms with Crippen molar-refractivity contribution in [2.24, 2.45) is 5.92 Å². The maximum atomic E-state index is 12.3. The molecule has 148 valence electrons. The highest BCUT2D eigenvalue weighted by molar-refractivity contribution is 8.00. The van der Waals surface area contributed by atoms with Crippen LogP contribution in [0.25, 0.3) is 5.76 Å². The van der Waals surface area contributed by atoms with Crippen LogP contribution in [0, 0.1) is 11.3 Å². The molecule has 0 spiro atoms. The number of carbonyl (C=O) groups excluding carboxylic acids is 1. The molecule has 1 unspecified atom stereocenters. The van der Waals surface area contributed by atoms with Gasteiger partial charge in [-0.25, -0.2) is 0 Å². The fourth-order valence-corrected chi connectivity index (χ4v) is 5.03. The van der Waals surface area contributed by atoms with Crippen LogP contribution in [0.4, 0.5) is 0 Å². The highest BCUT2D eigenvalue weighted by atomic mass is 35.5. The fourth-order valence-electron chi connectivity index (χ4n) is 2.50. The standard InChI is InChI=1S/C18H23ClN2O4S2/c1-21-18(23)13(15(20)10-4-5-10)16(22)11-6-7-12(27(3)24)17(14(11)19)26-9-8-25-2/h6-7,10,20,22H,4-5,8-9H2,1-3H3,(H,21,23). The normalized spacial score (nSPS) is 15.9. The first-order valence-electron chi connectivity index (χ1n) is 8.35. The molecule has 0 aliphatic heterocycles. The highest BCUT2D eigenvalue weighted by Gasteiger charge is 2.34. The molecule has 27 heavy (non-hydrogen) atoms. The molecule has 1 aliphatic rings. The summed E-state index contributed by atoms with van der Waals surface area (Å²) in [5.41, 5.74) is 0.287. The van der Waals surface area contributed by atoms with Crippen LogP contribution in [0.5, 0.6) is 0 Å². The zero-order valence-electron chi connectivity index (χ0n) is 15.4. The van der Waals surface area contributed by atoms with E-state index in [9.17, 15) is 14.1 Å². The molecule has 1 fully saturated rings. The summed E-state index contributed by atoms with van der Waals surface area (Å²) in [6, 6.07) is 3.17. The molecule has 6 nitrogen and oxygen atoms in total. The second kappa shape index (κ2) is 9.73. The number of amides is 1. The molecular weight excluding hydrogens is 408 g/mol. The molecule has 0 radical (unpaired) electrons. The Morgan fingerprint density at radius 3 is 2.67 bits per heavy atom. The van der Waals surface area contributed by atoms with E-state index in [4.69, 9.17) is 21.7 Å². The lowest BCUT2D eigenvalue weighted by atomic mass is 10.0. The van der Waals surface area contributed by atoms with Crippen molar-refractivity contribution in [2.45, 2.75) is 22.6 Å². The van der Waals surface area contributed by atoms with Gasteiger partial charge in [0.15, 0.2) is 0 Å². The Hall–Kier alpha value is -1.35. The lowest BCUT2D eigenvalue weighted by Gasteiger charge is -2.16. The summed E-state index contributed by atoms with van der Waals surface area (Å²) in [4.78, 5) is 13.4. The molecule has 1 aromatic carbocycles. The molecule has 1 saturated carbocycles. The van der Waals surface area contributed by atoms with Crippen LogP contribution in [0.1, 0.15) is 18.4 Å². The number of rotatable bonds is 9. The van der Waals surface area contributed by atoms with Gasteiger partial charge >= 0.3 is 0 Å². The van der Waals surface area contributed by atoms with E-state index >= 15 is 0 Å². The molecule has 1 atom stereocenters. The Balaban J connectivity index is 2.57. The van der Waals surface area contributed by atoms with E-state index in [0.717, 1.165) is 12.8 Å². The van der Waals surface area contributed by atoms with Gasteiger partial charge in [0.2, 0.25) is 0 Å². The van der Waals surface area contributed by atoms with Crippen molar-refractivity contribution in [2.75, 3.05) is 32.8 Å². The smallest absolute Gasteiger partial charge is 0.256 e. The zero-order valence-corrected chi connectivity index (χ0v) is 17.8. The van der Waals surface area contributed by atoms with Crippen molar-refractivity contribution in [1.29, 1.82) is 5.41 Å². The summed E-state index contributed by atoms with van der Waals surface area (Å²) in [5, 5.41) is 21.8. The second-order valence-corrected chi connectivity index (χ2v) is 8.87. The maximum absolute atomic E-state index is 12.3. The van der Waals surface area contributed by atoms with Crippen LogP contribution < -0.4 is 5.32 Å². The molecule has 0 saturated heterocycles. The number of hydrogen-bond donors (Lipinski definition) is 3. The summed E-state index contributed by atoms with van der Waals surface area (Å²) in [5.74, 6) is -0.291. The van der Waals surface area contributed by atoms with Gasteiger partial charge in [-0.05, 0) is 25.0 Å². The molecule has 0 bridgehead atoms. The Bertz CT molecular complexity index is 807. The van der Waals surface area contributed by atoms with Crippen molar-refractivity contribution >= 4 is 51.5 Å². The van der Waals surface area contributed by atoms with Gasteiger partial charge in [-0.3, -0.25) is 9.00 Å². The molecular formula is C18H23ClN2O4S2. The van der Waals surface area contributed by atoms with Crippen molar-refractivity contribution in [3.05, 3.63) is 28.3 Å². The van der Waals surface area contributed by atoms with E-state index in [1.807, 2.05) is 0 Å². The van der Waals surface area contributed by atoms with Crippen molar-refractivity contribution in [3.63, 3.8) is 0 Å². The van der Waals surface area contributed by atoms with E-state index in [1.165, 1.54) is 24.9 Å².